The summed E-state index contributed by atoms with van der Waals surface area (Å²) in [5.41, 5.74) is 2.62. The second kappa shape index (κ2) is 8.69. The molecule has 2 aromatic carbocycles. The minimum absolute atomic E-state index is 0.202. The Bertz CT molecular complexity index is 879. The summed E-state index contributed by atoms with van der Waals surface area (Å²) in [5, 5.41) is 15.1. The molecular weight excluding hydrogens is 356 g/mol. The molecule has 2 aromatic rings. The Hall–Kier alpha value is -3.15. The van der Waals surface area contributed by atoms with Gasteiger partial charge in [0.15, 0.2) is 0 Å². The van der Waals surface area contributed by atoms with E-state index in [2.05, 4.69) is 10.6 Å². The zero-order valence-electron chi connectivity index (χ0n) is 15.8. The van der Waals surface area contributed by atoms with Crippen molar-refractivity contribution in [2.24, 2.45) is 11.8 Å². The molecule has 0 aromatic heterocycles. The fraction of sp³-hybridized carbons (Fsp3) is 0.318. The van der Waals surface area contributed by atoms with E-state index in [9.17, 15) is 19.5 Å². The van der Waals surface area contributed by atoms with Crippen molar-refractivity contribution >= 4 is 29.2 Å². The van der Waals surface area contributed by atoms with Gasteiger partial charge in [0.2, 0.25) is 5.91 Å². The van der Waals surface area contributed by atoms with Crippen LogP contribution in [0.15, 0.2) is 48.5 Å². The molecule has 0 heterocycles. The molecule has 1 fully saturated rings. The first kappa shape index (κ1) is 19.6. The standard InChI is InChI=1S/C22H24N2O4/c1-14-13-16(23-21(26)17-9-5-6-10-18(17)22(27)28)11-12-19(14)24-20(25)15-7-3-2-4-8-15/h2-4,7-8,11-13,17-18H,5-6,9-10H2,1H3,(H,23,26)(H,24,25)(H,27,28)/t17-,18+/m0/s1. The molecule has 1 aliphatic carbocycles. The molecule has 2 amide bonds. The normalized spacial score (nSPS) is 18.9. The number of hydrogen-bond acceptors (Lipinski definition) is 3. The van der Waals surface area contributed by atoms with Crippen molar-refractivity contribution in [3.63, 3.8) is 0 Å². The lowest BCUT2D eigenvalue weighted by molar-refractivity contribution is -0.147. The summed E-state index contributed by atoms with van der Waals surface area (Å²) in [7, 11) is 0. The highest BCUT2D eigenvalue weighted by atomic mass is 16.4. The Morgan fingerprint density at radius 1 is 0.929 bits per heavy atom. The third kappa shape index (κ3) is 4.57. The van der Waals surface area contributed by atoms with Gasteiger partial charge in [-0.3, -0.25) is 14.4 Å². The van der Waals surface area contributed by atoms with E-state index in [-0.39, 0.29) is 11.8 Å². The van der Waals surface area contributed by atoms with Gasteiger partial charge in [0.05, 0.1) is 11.8 Å². The van der Waals surface area contributed by atoms with E-state index in [1.807, 2.05) is 13.0 Å². The smallest absolute Gasteiger partial charge is 0.307 e. The summed E-state index contributed by atoms with van der Waals surface area (Å²) in [6, 6.07) is 14.2. The van der Waals surface area contributed by atoms with Crippen LogP contribution in [0.1, 0.15) is 41.6 Å². The van der Waals surface area contributed by atoms with Gasteiger partial charge >= 0.3 is 5.97 Å². The zero-order chi connectivity index (χ0) is 20.1. The molecule has 0 aliphatic heterocycles. The molecule has 0 radical (unpaired) electrons. The molecule has 1 saturated carbocycles. The van der Waals surface area contributed by atoms with Gasteiger partial charge in [0, 0.05) is 16.9 Å². The summed E-state index contributed by atoms with van der Waals surface area (Å²) in [6.07, 6.45) is 2.84. The molecule has 0 bridgehead atoms. The number of amides is 2. The van der Waals surface area contributed by atoms with E-state index in [0.29, 0.717) is 29.8 Å². The minimum atomic E-state index is -0.907. The summed E-state index contributed by atoms with van der Waals surface area (Å²) in [5.74, 6) is -2.50. The molecule has 28 heavy (non-hydrogen) atoms. The molecule has 1 aliphatic rings. The Morgan fingerprint density at radius 3 is 2.25 bits per heavy atom. The van der Waals surface area contributed by atoms with Crippen LogP contribution in [-0.2, 0) is 9.59 Å². The average Bonchev–Trinajstić information content (AvgIpc) is 2.70. The second-order valence-corrected chi connectivity index (χ2v) is 7.17. The summed E-state index contributed by atoms with van der Waals surface area (Å²) in [6.45, 7) is 1.84. The lowest BCUT2D eigenvalue weighted by Gasteiger charge is -2.27. The Labute approximate surface area is 164 Å². The van der Waals surface area contributed by atoms with Crippen LogP contribution in [0.25, 0.3) is 0 Å². The molecule has 3 rings (SSSR count). The minimum Gasteiger partial charge on any atom is -0.481 e. The highest BCUT2D eigenvalue weighted by Crippen LogP contribution is 2.31. The molecular formula is C22H24N2O4. The number of carbonyl (C=O) groups excluding carboxylic acids is 2. The van der Waals surface area contributed by atoms with Crippen LogP contribution in [0, 0.1) is 18.8 Å². The first-order valence-corrected chi connectivity index (χ1v) is 9.46. The summed E-state index contributed by atoms with van der Waals surface area (Å²) < 4.78 is 0. The quantitative estimate of drug-likeness (QED) is 0.728. The van der Waals surface area contributed by atoms with Crippen LogP contribution in [-0.4, -0.2) is 22.9 Å². The average molecular weight is 380 g/mol. The maximum atomic E-state index is 12.6. The second-order valence-electron chi connectivity index (χ2n) is 7.17. The predicted molar refractivity (Wildman–Crippen MR) is 107 cm³/mol. The van der Waals surface area contributed by atoms with E-state index >= 15 is 0 Å². The fourth-order valence-electron chi connectivity index (χ4n) is 3.64. The number of anilines is 2. The van der Waals surface area contributed by atoms with Gasteiger partial charge in [0.25, 0.3) is 5.91 Å². The van der Waals surface area contributed by atoms with Gasteiger partial charge in [-0.05, 0) is 55.7 Å². The van der Waals surface area contributed by atoms with Gasteiger partial charge in [0.1, 0.15) is 0 Å². The van der Waals surface area contributed by atoms with Gasteiger partial charge in [-0.2, -0.15) is 0 Å². The van der Waals surface area contributed by atoms with Crippen molar-refractivity contribution in [2.75, 3.05) is 10.6 Å². The highest BCUT2D eigenvalue weighted by molar-refractivity contribution is 6.05. The van der Waals surface area contributed by atoms with Gasteiger partial charge in [-0.25, -0.2) is 0 Å². The first-order chi connectivity index (χ1) is 13.5. The van der Waals surface area contributed by atoms with Crippen molar-refractivity contribution in [1.29, 1.82) is 0 Å². The predicted octanol–water partition coefficient (Wildman–Crippen LogP) is 4.08. The monoisotopic (exact) mass is 380 g/mol. The molecule has 146 valence electrons. The van der Waals surface area contributed by atoms with Crippen LogP contribution in [0.3, 0.4) is 0 Å². The Balaban J connectivity index is 1.67. The van der Waals surface area contributed by atoms with E-state index in [1.54, 1.807) is 42.5 Å². The number of benzene rings is 2. The van der Waals surface area contributed by atoms with Crippen molar-refractivity contribution in [3.8, 4) is 0 Å². The maximum absolute atomic E-state index is 12.6. The SMILES string of the molecule is Cc1cc(NC(=O)[C@H]2CCCC[C@H]2C(=O)O)ccc1NC(=O)c1ccccc1. The fourth-order valence-corrected chi connectivity index (χ4v) is 3.64. The van der Waals surface area contributed by atoms with Crippen molar-refractivity contribution in [1.82, 2.24) is 0 Å². The molecule has 2 atom stereocenters. The Morgan fingerprint density at radius 2 is 1.61 bits per heavy atom. The molecule has 0 unspecified atom stereocenters. The van der Waals surface area contributed by atoms with Crippen LogP contribution < -0.4 is 10.6 Å². The zero-order valence-corrected chi connectivity index (χ0v) is 15.8. The van der Waals surface area contributed by atoms with E-state index < -0.39 is 17.8 Å². The number of aryl methyl sites for hydroxylation is 1. The number of carboxylic acid groups (broad SMARTS) is 1. The molecule has 0 spiro atoms. The van der Waals surface area contributed by atoms with Crippen LogP contribution in [0.4, 0.5) is 11.4 Å². The van der Waals surface area contributed by atoms with Crippen LogP contribution in [0.2, 0.25) is 0 Å². The number of rotatable bonds is 5. The highest BCUT2D eigenvalue weighted by Gasteiger charge is 2.35. The van der Waals surface area contributed by atoms with E-state index in [4.69, 9.17) is 0 Å². The van der Waals surface area contributed by atoms with Crippen molar-refractivity contribution in [3.05, 3.63) is 59.7 Å². The number of carboxylic acids is 1. The molecule has 3 N–H and O–H groups in total. The van der Waals surface area contributed by atoms with Gasteiger partial charge in [-0.1, -0.05) is 31.0 Å². The van der Waals surface area contributed by atoms with E-state index in [0.717, 1.165) is 18.4 Å². The van der Waals surface area contributed by atoms with Crippen molar-refractivity contribution in [2.45, 2.75) is 32.6 Å². The Kier molecular flexibility index (Phi) is 6.09. The van der Waals surface area contributed by atoms with Crippen LogP contribution >= 0.6 is 0 Å². The number of hydrogen-bond donors (Lipinski definition) is 3. The summed E-state index contributed by atoms with van der Waals surface area (Å²) in [4.78, 5) is 36.3. The number of nitrogens with one attached hydrogen (secondary N) is 2. The lowest BCUT2D eigenvalue weighted by Crippen LogP contribution is -2.36. The molecule has 6 nitrogen and oxygen atoms in total. The van der Waals surface area contributed by atoms with Crippen LogP contribution in [0.5, 0.6) is 0 Å². The molecule has 0 saturated heterocycles. The first-order valence-electron chi connectivity index (χ1n) is 9.46. The van der Waals surface area contributed by atoms with Gasteiger partial charge < -0.3 is 15.7 Å². The third-order valence-electron chi connectivity index (χ3n) is 5.20. The molecule has 6 heteroatoms. The van der Waals surface area contributed by atoms with E-state index in [1.165, 1.54) is 0 Å². The van der Waals surface area contributed by atoms with Crippen molar-refractivity contribution < 1.29 is 19.5 Å². The lowest BCUT2D eigenvalue weighted by atomic mass is 9.78. The largest absolute Gasteiger partial charge is 0.481 e. The topological polar surface area (TPSA) is 95.5 Å². The number of aliphatic carboxylic acids is 1. The third-order valence-corrected chi connectivity index (χ3v) is 5.20. The van der Waals surface area contributed by atoms with Gasteiger partial charge in [-0.15, -0.1) is 0 Å². The summed E-state index contributed by atoms with van der Waals surface area (Å²) >= 11 is 0. The number of carbonyl (C=O) groups is 3. The maximum Gasteiger partial charge on any atom is 0.307 e.